The van der Waals surface area contributed by atoms with Gasteiger partial charge in [0.05, 0.1) is 0 Å². The molecule has 0 radical (unpaired) electrons. The van der Waals surface area contributed by atoms with E-state index in [0.29, 0.717) is 12.4 Å². The molecule has 0 bridgehead atoms. The van der Waals surface area contributed by atoms with Crippen molar-refractivity contribution in [3.8, 4) is 11.5 Å². The molecule has 0 aliphatic heterocycles. The number of carbonyl (C=O) groups is 1. The van der Waals surface area contributed by atoms with Crippen molar-refractivity contribution in [1.82, 2.24) is 0 Å². The summed E-state index contributed by atoms with van der Waals surface area (Å²) in [4.78, 5) is 10.2. The smallest absolute Gasteiger partial charge is 0.406 e. The van der Waals surface area contributed by atoms with Gasteiger partial charge in [-0.1, -0.05) is 0 Å². The van der Waals surface area contributed by atoms with Crippen molar-refractivity contribution >= 4 is 6.29 Å². The highest BCUT2D eigenvalue weighted by atomic mass is 19.4. The molecule has 0 amide bonds. The minimum atomic E-state index is -5.04. The molecule has 20 heavy (non-hydrogen) atoms. The van der Waals surface area contributed by atoms with Crippen molar-refractivity contribution in [2.75, 3.05) is 0 Å². The summed E-state index contributed by atoms with van der Waals surface area (Å²) in [5, 5.41) is 0. The lowest BCUT2D eigenvalue weighted by atomic mass is 10.1. The summed E-state index contributed by atoms with van der Waals surface area (Å²) in [5.74, 6) is -1.69. The van der Waals surface area contributed by atoms with E-state index < -0.39 is 24.2 Å². The van der Waals surface area contributed by atoms with Crippen molar-refractivity contribution in [3.63, 3.8) is 0 Å². The third-order valence-corrected chi connectivity index (χ3v) is 1.96. The molecule has 0 aromatic heterocycles. The maximum Gasteiger partial charge on any atom is 0.573 e. The van der Waals surface area contributed by atoms with Crippen LogP contribution >= 0.6 is 0 Å². The molecule has 0 N–H and O–H groups in total. The third kappa shape index (κ3) is 6.30. The zero-order valence-corrected chi connectivity index (χ0v) is 9.72. The van der Waals surface area contributed by atoms with Gasteiger partial charge in [-0.25, -0.2) is 0 Å². The Labute approximate surface area is 109 Å². The van der Waals surface area contributed by atoms with E-state index in [1.54, 1.807) is 0 Å². The number of aldehydes is 1. The fraction of sp³-hybridized carbons (Fsp3) is 0.364. The molecule has 0 atom stereocenters. The molecular formula is C11H8F6O3. The molecule has 3 nitrogen and oxygen atoms in total. The molecule has 112 valence electrons. The van der Waals surface area contributed by atoms with E-state index in [-0.39, 0.29) is 18.4 Å². The van der Waals surface area contributed by atoms with Gasteiger partial charge in [-0.15, -0.1) is 26.3 Å². The van der Waals surface area contributed by atoms with Gasteiger partial charge in [0.15, 0.2) is 0 Å². The Morgan fingerprint density at radius 3 is 1.70 bits per heavy atom. The van der Waals surface area contributed by atoms with Crippen molar-refractivity contribution in [2.45, 2.75) is 25.6 Å². The molecule has 1 rings (SSSR count). The average molecular weight is 302 g/mol. The summed E-state index contributed by atoms with van der Waals surface area (Å²) in [7, 11) is 0. The number of alkyl halides is 6. The van der Waals surface area contributed by atoms with Crippen molar-refractivity contribution in [3.05, 3.63) is 23.8 Å². The lowest BCUT2D eigenvalue weighted by molar-refractivity contribution is -0.276. The maximum absolute atomic E-state index is 12.1. The summed E-state index contributed by atoms with van der Waals surface area (Å²) in [6, 6.07) is 2.24. The molecule has 0 aliphatic rings. The van der Waals surface area contributed by atoms with Gasteiger partial charge in [0, 0.05) is 12.5 Å². The standard InChI is InChI=1S/C11H8F6O3/c12-10(13,14)19-8-4-7(2-1-3-18)5-9(6-8)20-11(15,16)17/h3-6H,1-2H2. The van der Waals surface area contributed by atoms with Gasteiger partial charge in [0.2, 0.25) is 0 Å². The Bertz CT molecular complexity index is 432. The van der Waals surface area contributed by atoms with Crippen LogP contribution in [0.3, 0.4) is 0 Å². The number of carbonyl (C=O) groups excluding carboxylic acids is 1. The summed E-state index contributed by atoms with van der Waals surface area (Å²) in [6.45, 7) is 0. The van der Waals surface area contributed by atoms with Gasteiger partial charge >= 0.3 is 12.7 Å². The second-order valence-corrected chi connectivity index (χ2v) is 3.61. The molecule has 0 aliphatic carbocycles. The Morgan fingerprint density at radius 1 is 0.900 bits per heavy atom. The van der Waals surface area contributed by atoms with Crippen LogP contribution in [0.25, 0.3) is 0 Å². The molecule has 1 aromatic rings. The van der Waals surface area contributed by atoms with E-state index in [1.165, 1.54) is 0 Å². The third-order valence-electron chi connectivity index (χ3n) is 1.96. The number of halogens is 6. The maximum atomic E-state index is 12.1. The van der Waals surface area contributed by atoms with Gasteiger partial charge in [-0.05, 0) is 24.1 Å². The minimum Gasteiger partial charge on any atom is -0.406 e. The lowest BCUT2D eigenvalue weighted by Gasteiger charge is -2.14. The van der Waals surface area contributed by atoms with Gasteiger partial charge in [-0.3, -0.25) is 0 Å². The van der Waals surface area contributed by atoms with Crippen molar-refractivity contribution in [2.24, 2.45) is 0 Å². The van der Waals surface area contributed by atoms with E-state index >= 15 is 0 Å². The first-order valence-corrected chi connectivity index (χ1v) is 5.18. The van der Waals surface area contributed by atoms with Crippen LogP contribution in [-0.2, 0) is 11.2 Å². The monoisotopic (exact) mass is 302 g/mol. The van der Waals surface area contributed by atoms with E-state index in [4.69, 9.17) is 0 Å². The SMILES string of the molecule is O=CCCc1cc(OC(F)(F)F)cc(OC(F)(F)F)c1. The van der Waals surface area contributed by atoms with Crippen LogP contribution in [0.2, 0.25) is 0 Å². The second-order valence-electron chi connectivity index (χ2n) is 3.61. The fourth-order valence-electron chi connectivity index (χ4n) is 1.39. The normalized spacial score (nSPS) is 12.1. The molecule has 0 saturated heterocycles. The predicted molar refractivity (Wildman–Crippen MR) is 54.2 cm³/mol. The van der Waals surface area contributed by atoms with Crippen molar-refractivity contribution < 1.29 is 40.6 Å². The Hall–Kier alpha value is -1.93. The first kappa shape index (κ1) is 16.1. The topological polar surface area (TPSA) is 35.5 Å². The van der Waals surface area contributed by atoms with E-state index in [0.717, 1.165) is 12.1 Å². The molecule has 9 heteroatoms. The summed E-state index contributed by atoms with van der Waals surface area (Å²) >= 11 is 0. The minimum absolute atomic E-state index is 0.0349. The second kappa shape index (κ2) is 6.02. The number of ether oxygens (including phenoxy) is 2. The van der Waals surface area contributed by atoms with Crippen LogP contribution in [0.1, 0.15) is 12.0 Å². The zero-order chi connectivity index (χ0) is 15.4. The molecule has 0 spiro atoms. The average Bonchev–Trinajstić information content (AvgIpc) is 2.21. The van der Waals surface area contributed by atoms with Crippen LogP contribution < -0.4 is 9.47 Å². The molecule has 0 saturated carbocycles. The number of rotatable bonds is 5. The molecule has 0 fully saturated rings. The van der Waals surface area contributed by atoms with Crippen LogP contribution in [-0.4, -0.2) is 19.0 Å². The zero-order valence-electron chi connectivity index (χ0n) is 9.72. The number of hydrogen-bond acceptors (Lipinski definition) is 3. The largest absolute Gasteiger partial charge is 0.573 e. The number of hydrogen-bond donors (Lipinski definition) is 0. The highest BCUT2D eigenvalue weighted by molar-refractivity contribution is 5.50. The summed E-state index contributed by atoms with van der Waals surface area (Å²) in [5.41, 5.74) is 0.0538. The summed E-state index contributed by atoms with van der Waals surface area (Å²) < 4.78 is 79.4. The van der Waals surface area contributed by atoms with Crippen LogP contribution in [0.4, 0.5) is 26.3 Å². The van der Waals surface area contributed by atoms with Gasteiger partial charge in [0.25, 0.3) is 0 Å². The Kier molecular flexibility index (Phi) is 4.85. The first-order valence-electron chi connectivity index (χ1n) is 5.18. The van der Waals surface area contributed by atoms with Gasteiger partial charge in [0.1, 0.15) is 17.8 Å². The Balaban J connectivity index is 3.03. The van der Waals surface area contributed by atoms with Crippen LogP contribution in [0.15, 0.2) is 18.2 Å². The predicted octanol–water partition coefficient (Wildman–Crippen LogP) is 3.62. The summed E-state index contributed by atoms with van der Waals surface area (Å²) in [6.07, 6.45) is -9.69. The molecule has 1 aromatic carbocycles. The van der Waals surface area contributed by atoms with Crippen LogP contribution in [0.5, 0.6) is 11.5 Å². The van der Waals surface area contributed by atoms with Crippen molar-refractivity contribution in [1.29, 1.82) is 0 Å². The lowest BCUT2D eigenvalue weighted by Crippen LogP contribution is -2.19. The molecule has 0 unspecified atom stereocenters. The quantitative estimate of drug-likeness (QED) is 0.615. The molecule has 0 heterocycles. The van der Waals surface area contributed by atoms with E-state index in [2.05, 4.69) is 9.47 Å². The van der Waals surface area contributed by atoms with Gasteiger partial charge in [-0.2, -0.15) is 0 Å². The number of benzene rings is 1. The Morgan fingerprint density at radius 2 is 1.35 bits per heavy atom. The number of aryl methyl sites for hydroxylation is 1. The highest BCUT2D eigenvalue weighted by Crippen LogP contribution is 2.31. The highest BCUT2D eigenvalue weighted by Gasteiger charge is 2.33. The van der Waals surface area contributed by atoms with E-state index in [1.807, 2.05) is 0 Å². The van der Waals surface area contributed by atoms with Gasteiger partial charge < -0.3 is 14.3 Å². The van der Waals surface area contributed by atoms with Crippen LogP contribution in [0, 0.1) is 0 Å². The molecular weight excluding hydrogens is 294 g/mol. The van der Waals surface area contributed by atoms with E-state index in [9.17, 15) is 31.1 Å². The fourth-order valence-corrected chi connectivity index (χ4v) is 1.39. The first-order chi connectivity index (χ1) is 9.09.